The largest absolute Gasteiger partial charge is 0.454 e. The molecule has 0 atom stereocenters. The van der Waals surface area contributed by atoms with Crippen LogP contribution < -0.4 is 9.47 Å². The highest BCUT2D eigenvalue weighted by Crippen LogP contribution is 2.36. The molecule has 16 heavy (non-hydrogen) atoms. The first-order valence-electron chi connectivity index (χ1n) is 4.72. The third-order valence-corrected chi connectivity index (χ3v) is 3.37. The highest BCUT2D eigenvalue weighted by molar-refractivity contribution is 9.24. The second-order valence-electron chi connectivity index (χ2n) is 3.43. The lowest BCUT2D eigenvalue weighted by molar-refractivity contribution is 0.174. The molecule has 0 saturated heterocycles. The van der Waals surface area contributed by atoms with Gasteiger partial charge in [-0.2, -0.15) is 0 Å². The fourth-order valence-electron chi connectivity index (χ4n) is 1.65. The number of hydrogen-bond acceptors (Lipinski definition) is 3. The molecule has 82 valence electrons. The molecule has 0 unspecified atom stereocenters. The van der Waals surface area contributed by atoms with Gasteiger partial charge in [-0.3, -0.25) is 4.98 Å². The zero-order chi connectivity index (χ0) is 11.1. The Morgan fingerprint density at radius 2 is 1.88 bits per heavy atom. The number of aromatic nitrogens is 1. The van der Waals surface area contributed by atoms with Crippen molar-refractivity contribution in [3.8, 4) is 11.5 Å². The molecule has 3 nitrogen and oxygen atoms in total. The summed E-state index contributed by atoms with van der Waals surface area (Å²) in [6.07, 6.45) is 0. The fourth-order valence-corrected chi connectivity index (χ4v) is 2.16. The molecular formula is C11H7Br2NO2. The van der Waals surface area contributed by atoms with Gasteiger partial charge in [0.15, 0.2) is 11.5 Å². The first-order valence-corrected chi connectivity index (χ1v) is 6.55. The summed E-state index contributed by atoms with van der Waals surface area (Å²) in [5.74, 6) is 1.55. The fraction of sp³-hybridized carbons (Fsp3) is 0.182. The van der Waals surface area contributed by atoms with Crippen molar-refractivity contribution in [1.82, 2.24) is 4.98 Å². The van der Waals surface area contributed by atoms with E-state index in [4.69, 9.17) is 9.47 Å². The second-order valence-corrected chi connectivity index (χ2v) is 6.50. The van der Waals surface area contributed by atoms with Crippen molar-refractivity contribution >= 4 is 42.8 Å². The molecule has 0 aliphatic carbocycles. The van der Waals surface area contributed by atoms with Crippen molar-refractivity contribution in [1.29, 1.82) is 0 Å². The molecule has 1 aliphatic rings. The van der Waals surface area contributed by atoms with E-state index in [9.17, 15) is 0 Å². The minimum absolute atomic E-state index is 0.0647. The quantitative estimate of drug-likeness (QED) is 0.738. The zero-order valence-corrected chi connectivity index (χ0v) is 11.3. The van der Waals surface area contributed by atoms with Crippen molar-refractivity contribution in [3.63, 3.8) is 0 Å². The summed E-state index contributed by atoms with van der Waals surface area (Å²) >= 11 is 6.86. The number of ether oxygens (including phenoxy) is 2. The van der Waals surface area contributed by atoms with Crippen LogP contribution in [0.4, 0.5) is 0 Å². The topological polar surface area (TPSA) is 31.4 Å². The molecule has 1 aliphatic heterocycles. The Bertz CT molecular complexity index is 557. The molecule has 3 rings (SSSR count). The number of benzene rings is 1. The van der Waals surface area contributed by atoms with Gasteiger partial charge < -0.3 is 9.47 Å². The minimum Gasteiger partial charge on any atom is -0.454 e. The number of rotatable bonds is 1. The average molecular weight is 345 g/mol. The SMILES string of the molecule is BrC(Br)c1ccc2cc3c(cc2n1)OCO3. The zero-order valence-electron chi connectivity index (χ0n) is 8.11. The van der Waals surface area contributed by atoms with E-state index in [1.165, 1.54) is 0 Å². The first kappa shape index (κ1) is 10.4. The maximum Gasteiger partial charge on any atom is 0.231 e. The van der Waals surface area contributed by atoms with Crippen molar-refractivity contribution in [3.05, 3.63) is 30.0 Å². The highest BCUT2D eigenvalue weighted by Gasteiger charge is 2.15. The molecule has 2 heterocycles. The molecular weight excluding hydrogens is 338 g/mol. The standard InChI is InChI=1S/C11H7Br2NO2/c12-11(13)7-2-1-6-3-9-10(16-5-15-9)4-8(6)14-7/h1-4,11H,5H2. The smallest absolute Gasteiger partial charge is 0.231 e. The van der Waals surface area contributed by atoms with Crippen LogP contribution in [0.25, 0.3) is 10.9 Å². The summed E-state index contributed by atoms with van der Waals surface area (Å²) in [7, 11) is 0. The molecule has 0 fully saturated rings. The van der Waals surface area contributed by atoms with Crippen LogP contribution in [0.15, 0.2) is 24.3 Å². The van der Waals surface area contributed by atoms with Crippen molar-refractivity contribution < 1.29 is 9.47 Å². The van der Waals surface area contributed by atoms with Crippen molar-refractivity contribution in [2.24, 2.45) is 0 Å². The predicted octanol–water partition coefficient (Wildman–Crippen LogP) is 3.75. The van der Waals surface area contributed by atoms with Gasteiger partial charge in [-0.15, -0.1) is 0 Å². The number of fused-ring (bicyclic) bond motifs is 2. The van der Waals surface area contributed by atoms with E-state index >= 15 is 0 Å². The number of halogens is 2. The molecule has 0 saturated carbocycles. The van der Waals surface area contributed by atoms with Crippen LogP contribution in [0.2, 0.25) is 0 Å². The van der Waals surface area contributed by atoms with Gasteiger partial charge in [0.1, 0.15) is 3.74 Å². The van der Waals surface area contributed by atoms with Gasteiger partial charge >= 0.3 is 0 Å². The van der Waals surface area contributed by atoms with Gasteiger partial charge in [-0.25, -0.2) is 0 Å². The molecule has 5 heteroatoms. The molecule has 1 aromatic heterocycles. The molecule has 0 bridgehead atoms. The Kier molecular flexibility index (Phi) is 2.52. The third kappa shape index (κ3) is 1.68. The monoisotopic (exact) mass is 343 g/mol. The molecule has 0 radical (unpaired) electrons. The minimum atomic E-state index is 0.0647. The lowest BCUT2D eigenvalue weighted by atomic mass is 10.2. The van der Waals surface area contributed by atoms with Gasteiger partial charge in [0, 0.05) is 11.5 Å². The Balaban J connectivity index is 2.20. The molecule has 0 N–H and O–H groups in total. The van der Waals surface area contributed by atoms with Crippen LogP contribution in [-0.2, 0) is 0 Å². The lowest BCUT2D eigenvalue weighted by Crippen LogP contribution is -1.92. The number of alkyl halides is 2. The van der Waals surface area contributed by atoms with E-state index in [1.807, 2.05) is 24.3 Å². The third-order valence-electron chi connectivity index (χ3n) is 2.43. The van der Waals surface area contributed by atoms with Crippen LogP contribution in [0, 0.1) is 0 Å². The molecule has 1 aromatic carbocycles. The number of nitrogens with zero attached hydrogens (tertiary/aromatic N) is 1. The Morgan fingerprint density at radius 3 is 2.62 bits per heavy atom. The Morgan fingerprint density at radius 1 is 1.12 bits per heavy atom. The second kappa shape index (κ2) is 3.89. The van der Waals surface area contributed by atoms with Gasteiger partial charge in [-0.05, 0) is 12.1 Å². The van der Waals surface area contributed by atoms with Crippen LogP contribution in [0.5, 0.6) is 11.5 Å². The predicted molar refractivity (Wildman–Crippen MR) is 68.5 cm³/mol. The van der Waals surface area contributed by atoms with E-state index in [2.05, 4.69) is 36.8 Å². The van der Waals surface area contributed by atoms with Crippen molar-refractivity contribution in [2.45, 2.75) is 3.74 Å². The molecule has 0 spiro atoms. The van der Waals surface area contributed by atoms with E-state index in [0.29, 0.717) is 0 Å². The van der Waals surface area contributed by atoms with E-state index < -0.39 is 0 Å². The first-order chi connectivity index (χ1) is 7.74. The van der Waals surface area contributed by atoms with Crippen LogP contribution in [0.1, 0.15) is 9.43 Å². The summed E-state index contributed by atoms with van der Waals surface area (Å²) < 4.78 is 10.7. The molecule has 2 aromatic rings. The van der Waals surface area contributed by atoms with Crippen LogP contribution >= 0.6 is 31.9 Å². The van der Waals surface area contributed by atoms with Crippen LogP contribution in [-0.4, -0.2) is 11.8 Å². The van der Waals surface area contributed by atoms with Crippen LogP contribution in [0.3, 0.4) is 0 Å². The van der Waals surface area contributed by atoms with E-state index in [-0.39, 0.29) is 10.5 Å². The lowest BCUT2D eigenvalue weighted by Gasteiger charge is -2.04. The average Bonchev–Trinajstić information content (AvgIpc) is 2.71. The summed E-state index contributed by atoms with van der Waals surface area (Å²) in [6, 6.07) is 7.85. The normalized spacial score (nSPS) is 13.7. The van der Waals surface area contributed by atoms with Gasteiger partial charge in [0.25, 0.3) is 0 Å². The van der Waals surface area contributed by atoms with Gasteiger partial charge in [0.2, 0.25) is 6.79 Å². The Labute approximate surface area is 109 Å². The Hall–Kier alpha value is -0.810. The summed E-state index contributed by atoms with van der Waals surface area (Å²) in [5.41, 5.74) is 1.84. The van der Waals surface area contributed by atoms with Gasteiger partial charge in [-0.1, -0.05) is 37.9 Å². The van der Waals surface area contributed by atoms with Gasteiger partial charge in [0.05, 0.1) is 11.2 Å². The maximum atomic E-state index is 5.32. The summed E-state index contributed by atoms with van der Waals surface area (Å²) in [4.78, 5) is 4.52. The summed E-state index contributed by atoms with van der Waals surface area (Å²) in [6.45, 7) is 0.290. The van der Waals surface area contributed by atoms with E-state index in [0.717, 1.165) is 28.1 Å². The highest BCUT2D eigenvalue weighted by atomic mass is 79.9. The molecule has 0 amide bonds. The number of pyridine rings is 1. The van der Waals surface area contributed by atoms with E-state index in [1.54, 1.807) is 0 Å². The summed E-state index contributed by atoms with van der Waals surface area (Å²) in [5, 5.41) is 1.05. The van der Waals surface area contributed by atoms with Crippen molar-refractivity contribution in [2.75, 3.05) is 6.79 Å². The number of hydrogen-bond donors (Lipinski definition) is 0. The maximum absolute atomic E-state index is 5.32.